The van der Waals surface area contributed by atoms with E-state index in [2.05, 4.69) is 0 Å². The fraction of sp³-hybridized carbons (Fsp3) is 0.222. The topological polar surface area (TPSA) is 64.4 Å². The third kappa shape index (κ3) is 4.97. The average Bonchev–Trinajstić information content (AvgIpc) is 2.87. The van der Waals surface area contributed by atoms with Gasteiger partial charge in [-0.1, -0.05) is 42.8 Å². The number of carbonyl (C=O) groups excluding carboxylic acids is 1. The maximum atomic E-state index is 14.6. The molecule has 1 atom stereocenters. The zero-order valence-electron chi connectivity index (χ0n) is 19.4. The predicted octanol–water partition coefficient (Wildman–Crippen LogP) is 5.42. The van der Waals surface area contributed by atoms with E-state index in [9.17, 15) is 14.0 Å². The Labute approximate surface area is 207 Å². The van der Waals surface area contributed by atoms with E-state index in [1.807, 2.05) is 6.92 Å². The third-order valence-electron chi connectivity index (χ3n) is 5.85. The number of ether oxygens (including phenoxy) is 1. The average molecular weight is 494 g/mol. The molecule has 0 saturated heterocycles. The van der Waals surface area contributed by atoms with Gasteiger partial charge in [-0.2, -0.15) is 0 Å². The van der Waals surface area contributed by atoms with Gasteiger partial charge in [-0.05, 0) is 55.0 Å². The van der Waals surface area contributed by atoms with E-state index in [4.69, 9.17) is 21.3 Å². The number of methoxy groups -OCH3 is 1. The molecule has 6 nitrogen and oxygen atoms in total. The van der Waals surface area contributed by atoms with Crippen molar-refractivity contribution < 1.29 is 13.9 Å². The molecule has 1 amide bonds. The SMILES string of the molecule is CCC(c1nc2ccccc2c(=O)n1-c1ccc(Cl)cc1)N(CCOC)C(=O)c1ccccc1F. The van der Waals surface area contributed by atoms with Crippen molar-refractivity contribution in [3.8, 4) is 5.69 Å². The first-order valence-electron chi connectivity index (χ1n) is 11.3. The minimum absolute atomic E-state index is 0.0526. The lowest BCUT2D eigenvalue weighted by Crippen LogP contribution is -2.40. The summed E-state index contributed by atoms with van der Waals surface area (Å²) in [4.78, 5) is 33.6. The van der Waals surface area contributed by atoms with Crippen molar-refractivity contribution in [3.05, 3.63) is 105 Å². The van der Waals surface area contributed by atoms with Crippen molar-refractivity contribution in [2.45, 2.75) is 19.4 Å². The van der Waals surface area contributed by atoms with Crippen LogP contribution in [0.15, 0.2) is 77.6 Å². The predicted molar refractivity (Wildman–Crippen MR) is 135 cm³/mol. The number of fused-ring (bicyclic) bond motifs is 1. The first-order valence-corrected chi connectivity index (χ1v) is 11.7. The summed E-state index contributed by atoms with van der Waals surface area (Å²) in [5.41, 5.74) is 0.761. The van der Waals surface area contributed by atoms with Crippen LogP contribution in [-0.4, -0.2) is 40.6 Å². The molecule has 0 saturated carbocycles. The van der Waals surface area contributed by atoms with Gasteiger partial charge < -0.3 is 9.64 Å². The number of halogens is 2. The normalized spacial score (nSPS) is 12.0. The molecule has 8 heteroatoms. The Morgan fingerprint density at radius 3 is 2.46 bits per heavy atom. The highest BCUT2D eigenvalue weighted by atomic mass is 35.5. The van der Waals surface area contributed by atoms with E-state index < -0.39 is 17.8 Å². The van der Waals surface area contributed by atoms with Crippen LogP contribution in [0.4, 0.5) is 4.39 Å². The summed E-state index contributed by atoms with van der Waals surface area (Å²) in [6.07, 6.45) is 0.433. The van der Waals surface area contributed by atoms with Crippen LogP contribution in [0.5, 0.6) is 0 Å². The molecule has 0 radical (unpaired) electrons. The fourth-order valence-electron chi connectivity index (χ4n) is 4.13. The number of aromatic nitrogens is 2. The molecule has 180 valence electrons. The number of hydrogen-bond acceptors (Lipinski definition) is 4. The summed E-state index contributed by atoms with van der Waals surface area (Å²) in [5.74, 6) is -0.743. The first-order chi connectivity index (χ1) is 17.0. The second-order valence-electron chi connectivity index (χ2n) is 8.00. The number of rotatable bonds is 8. The van der Waals surface area contributed by atoms with Crippen molar-refractivity contribution in [3.63, 3.8) is 0 Å². The lowest BCUT2D eigenvalue weighted by Gasteiger charge is -2.32. The standard InChI is InChI=1S/C27H25ClFN3O3/c1-3-24(31(16-17-35-2)26(33)20-8-4-6-10-22(20)29)25-30-23-11-7-5-9-21(23)27(34)32(25)19-14-12-18(28)13-15-19/h4-15,24H,3,16-17H2,1-2H3. The molecule has 1 heterocycles. The Balaban J connectivity index is 1.95. The van der Waals surface area contributed by atoms with E-state index in [0.29, 0.717) is 33.9 Å². The molecule has 0 N–H and O–H groups in total. The Kier molecular flexibility index (Phi) is 7.58. The molecule has 0 aliphatic carbocycles. The number of para-hydroxylation sites is 1. The molecule has 0 bridgehead atoms. The van der Waals surface area contributed by atoms with Gasteiger partial charge >= 0.3 is 0 Å². The van der Waals surface area contributed by atoms with E-state index >= 15 is 0 Å². The molecule has 4 rings (SSSR count). The number of amides is 1. The van der Waals surface area contributed by atoms with E-state index in [1.54, 1.807) is 54.6 Å². The minimum atomic E-state index is -0.634. The smallest absolute Gasteiger partial charge is 0.266 e. The second-order valence-corrected chi connectivity index (χ2v) is 8.44. The molecule has 3 aromatic carbocycles. The van der Waals surface area contributed by atoms with Crippen LogP contribution in [-0.2, 0) is 4.74 Å². The van der Waals surface area contributed by atoms with E-state index in [1.165, 1.54) is 34.8 Å². The lowest BCUT2D eigenvalue weighted by molar-refractivity contribution is 0.0575. The van der Waals surface area contributed by atoms with E-state index in [-0.39, 0.29) is 24.3 Å². The maximum Gasteiger partial charge on any atom is 0.266 e. The third-order valence-corrected chi connectivity index (χ3v) is 6.10. The molecule has 35 heavy (non-hydrogen) atoms. The quantitative estimate of drug-likeness (QED) is 0.329. The molecule has 1 aromatic heterocycles. The molecular weight excluding hydrogens is 469 g/mol. The van der Waals surface area contributed by atoms with Gasteiger partial charge in [-0.15, -0.1) is 0 Å². The van der Waals surface area contributed by atoms with Crippen molar-refractivity contribution in [2.24, 2.45) is 0 Å². The Bertz CT molecular complexity index is 1410. The van der Waals surface area contributed by atoms with Gasteiger partial charge in [0, 0.05) is 18.7 Å². The molecule has 0 aliphatic heterocycles. The zero-order valence-corrected chi connectivity index (χ0v) is 20.2. The largest absolute Gasteiger partial charge is 0.383 e. The first kappa shape index (κ1) is 24.6. The van der Waals surface area contributed by atoms with Gasteiger partial charge in [0.1, 0.15) is 11.6 Å². The molecule has 4 aromatic rings. The highest BCUT2D eigenvalue weighted by molar-refractivity contribution is 6.30. The Morgan fingerprint density at radius 2 is 1.77 bits per heavy atom. The van der Waals surface area contributed by atoms with Crippen LogP contribution in [0, 0.1) is 5.82 Å². The molecule has 1 unspecified atom stereocenters. The van der Waals surface area contributed by atoms with Crippen LogP contribution < -0.4 is 5.56 Å². The minimum Gasteiger partial charge on any atom is -0.383 e. The Hall–Kier alpha value is -3.55. The number of nitrogens with zero attached hydrogens (tertiary/aromatic N) is 3. The number of hydrogen-bond donors (Lipinski definition) is 0. The van der Waals surface area contributed by atoms with Crippen LogP contribution in [0.2, 0.25) is 5.02 Å². The van der Waals surface area contributed by atoms with Gasteiger partial charge in [0.05, 0.1) is 34.8 Å². The van der Waals surface area contributed by atoms with Crippen molar-refractivity contribution in [2.75, 3.05) is 20.3 Å². The summed E-state index contributed by atoms with van der Waals surface area (Å²) in [7, 11) is 1.53. The summed E-state index contributed by atoms with van der Waals surface area (Å²) >= 11 is 6.09. The van der Waals surface area contributed by atoms with Crippen molar-refractivity contribution in [1.29, 1.82) is 0 Å². The highest BCUT2D eigenvalue weighted by Crippen LogP contribution is 2.28. The molecular formula is C27H25ClFN3O3. The lowest BCUT2D eigenvalue weighted by atomic mass is 10.1. The van der Waals surface area contributed by atoms with Gasteiger partial charge in [0.2, 0.25) is 0 Å². The van der Waals surface area contributed by atoms with Gasteiger partial charge in [0.25, 0.3) is 11.5 Å². The zero-order chi connectivity index (χ0) is 24.9. The van der Waals surface area contributed by atoms with Crippen LogP contribution in [0.25, 0.3) is 16.6 Å². The fourth-order valence-corrected chi connectivity index (χ4v) is 4.26. The highest BCUT2D eigenvalue weighted by Gasteiger charge is 2.30. The van der Waals surface area contributed by atoms with Crippen LogP contribution >= 0.6 is 11.6 Å². The van der Waals surface area contributed by atoms with E-state index in [0.717, 1.165) is 0 Å². The summed E-state index contributed by atoms with van der Waals surface area (Å²) in [5, 5.41) is 0.977. The van der Waals surface area contributed by atoms with Gasteiger partial charge in [-0.25, -0.2) is 9.37 Å². The van der Waals surface area contributed by atoms with Crippen molar-refractivity contribution in [1.82, 2.24) is 14.5 Å². The van der Waals surface area contributed by atoms with Crippen LogP contribution in [0.1, 0.15) is 35.6 Å². The van der Waals surface area contributed by atoms with Gasteiger partial charge in [-0.3, -0.25) is 14.2 Å². The molecule has 0 aliphatic rings. The van der Waals surface area contributed by atoms with Crippen molar-refractivity contribution >= 4 is 28.4 Å². The monoisotopic (exact) mass is 493 g/mol. The van der Waals surface area contributed by atoms with Crippen LogP contribution in [0.3, 0.4) is 0 Å². The number of benzene rings is 3. The molecule has 0 spiro atoms. The Morgan fingerprint density at radius 1 is 1.09 bits per heavy atom. The number of carbonyl (C=O) groups is 1. The van der Waals surface area contributed by atoms with Gasteiger partial charge in [0.15, 0.2) is 0 Å². The maximum absolute atomic E-state index is 14.6. The second kappa shape index (κ2) is 10.8. The summed E-state index contributed by atoms with van der Waals surface area (Å²) < 4.78 is 21.3. The molecule has 0 fully saturated rings. The summed E-state index contributed by atoms with van der Waals surface area (Å²) in [6, 6.07) is 19.1. The summed E-state index contributed by atoms with van der Waals surface area (Å²) in [6.45, 7) is 2.31.